The summed E-state index contributed by atoms with van der Waals surface area (Å²) in [5.74, 6) is 0.837. The third kappa shape index (κ3) is 3.80. The number of nitrogens with one attached hydrogen (secondary N) is 1. The molecule has 5 heteroatoms. The molecule has 0 aliphatic heterocycles. The van der Waals surface area contributed by atoms with Gasteiger partial charge in [-0.3, -0.25) is 10.1 Å². The summed E-state index contributed by atoms with van der Waals surface area (Å²) in [5.41, 5.74) is 2.29. The van der Waals surface area contributed by atoms with E-state index in [-0.39, 0.29) is 5.69 Å². The normalized spacial score (nSPS) is 10.2. The zero-order valence-corrected chi connectivity index (χ0v) is 11.2. The average Bonchev–Trinajstić information content (AvgIpc) is 2.48. The molecule has 0 saturated heterocycles. The molecule has 0 aliphatic rings. The SMILES string of the molecule is COc1ccc(CNCc2ccc([N+](=O)[O-])cc2)cc1. The minimum absolute atomic E-state index is 0.115. The zero-order chi connectivity index (χ0) is 14.4. The minimum Gasteiger partial charge on any atom is -0.497 e. The van der Waals surface area contributed by atoms with Crippen LogP contribution in [0.2, 0.25) is 0 Å². The Morgan fingerprint density at radius 2 is 1.50 bits per heavy atom. The van der Waals surface area contributed by atoms with Gasteiger partial charge < -0.3 is 10.1 Å². The van der Waals surface area contributed by atoms with E-state index in [9.17, 15) is 10.1 Å². The van der Waals surface area contributed by atoms with Gasteiger partial charge in [0.1, 0.15) is 5.75 Å². The average molecular weight is 272 g/mol. The summed E-state index contributed by atoms with van der Waals surface area (Å²) in [4.78, 5) is 10.1. The van der Waals surface area contributed by atoms with Crippen molar-refractivity contribution in [2.45, 2.75) is 13.1 Å². The lowest BCUT2D eigenvalue weighted by atomic mass is 10.2. The van der Waals surface area contributed by atoms with Crippen molar-refractivity contribution in [1.82, 2.24) is 5.32 Å². The fourth-order valence-electron chi connectivity index (χ4n) is 1.83. The van der Waals surface area contributed by atoms with Crippen molar-refractivity contribution in [3.8, 4) is 5.75 Å². The van der Waals surface area contributed by atoms with E-state index in [0.29, 0.717) is 6.54 Å². The number of nitro groups is 1. The fraction of sp³-hybridized carbons (Fsp3) is 0.200. The van der Waals surface area contributed by atoms with Gasteiger partial charge in [0.2, 0.25) is 0 Å². The van der Waals surface area contributed by atoms with Crippen molar-refractivity contribution in [3.05, 3.63) is 69.8 Å². The number of nitrogens with zero attached hydrogens (tertiary/aromatic N) is 1. The lowest BCUT2D eigenvalue weighted by Gasteiger charge is -2.06. The van der Waals surface area contributed by atoms with Crippen LogP contribution in [0.25, 0.3) is 0 Å². The highest BCUT2D eigenvalue weighted by Crippen LogP contribution is 2.13. The first-order chi connectivity index (χ1) is 9.69. The van der Waals surface area contributed by atoms with Gasteiger partial charge in [-0.2, -0.15) is 0 Å². The first-order valence-electron chi connectivity index (χ1n) is 6.26. The quantitative estimate of drug-likeness (QED) is 0.648. The molecule has 0 radical (unpaired) electrons. The third-order valence-electron chi connectivity index (χ3n) is 2.96. The number of non-ortho nitro benzene ring substituents is 1. The lowest BCUT2D eigenvalue weighted by Crippen LogP contribution is -2.12. The Morgan fingerprint density at radius 3 is 1.95 bits per heavy atom. The van der Waals surface area contributed by atoms with Gasteiger partial charge in [-0.25, -0.2) is 0 Å². The molecule has 2 aromatic rings. The predicted molar refractivity (Wildman–Crippen MR) is 76.6 cm³/mol. The molecule has 2 aromatic carbocycles. The van der Waals surface area contributed by atoms with E-state index in [4.69, 9.17) is 4.74 Å². The van der Waals surface area contributed by atoms with Gasteiger partial charge in [-0.05, 0) is 23.3 Å². The number of benzene rings is 2. The Hall–Kier alpha value is -2.40. The van der Waals surface area contributed by atoms with Crippen molar-refractivity contribution in [2.75, 3.05) is 7.11 Å². The van der Waals surface area contributed by atoms with E-state index in [1.807, 2.05) is 24.3 Å². The molecular weight excluding hydrogens is 256 g/mol. The number of methoxy groups -OCH3 is 1. The molecular formula is C15H16N2O3. The molecule has 0 fully saturated rings. The Balaban J connectivity index is 1.84. The second kappa shape index (κ2) is 6.68. The van der Waals surface area contributed by atoms with Crippen molar-refractivity contribution >= 4 is 5.69 Å². The standard InChI is InChI=1S/C15H16N2O3/c1-20-15-8-4-13(5-9-15)11-16-10-12-2-6-14(7-3-12)17(18)19/h2-9,16H,10-11H2,1H3. The van der Waals surface area contributed by atoms with Crippen LogP contribution in [0.3, 0.4) is 0 Å². The predicted octanol–water partition coefficient (Wildman–Crippen LogP) is 2.89. The van der Waals surface area contributed by atoms with Crippen molar-refractivity contribution in [2.24, 2.45) is 0 Å². The van der Waals surface area contributed by atoms with Crippen LogP contribution in [0.5, 0.6) is 5.75 Å². The maximum atomic E-state index is 10.5. The van der Waals surface area contributed by atoms with Gasteiger partial charge in [-0.15, -0.1) is 0 Å². The van der Waals surface area contributed by atoms with E-state index in [1.165, 1.54) is 12.1 Å². The van der Waals surface area contributed by atoms with Crippen LogP contribution >= 0.6 is 0 Å². The molecule has 104 valence electrons. The van der Waals surface area contributed by atoms with Gasteiger partial charge in [0.15, 0.2) is 0 Å². The van der Waals surface area contributed by atoms with Gasteiger partial charge >= 0.3 is 0 Å². The van der Waals surface area contributed by atoms with Crippen molar-refractivity contribution < 1.29 is 9.66 Å². The highest BCUT2D eigenvalue weighted by molar-refractivity contribution is 5.33. The summed E-state index contributed by atoms with van der Waals surface area (Å²) in [7, 11) is 1.64. The van der Waals surface area contributed by atoms with Crippen LogP contribution in [0.1, 0.15) is 11.1 Å². The molecule has 5 nitrogen and oxygen atoms in total. The van der Waals surface area contributed by atoms with Gasteiger partial charge in [0, 0.05) is 25.2 Å². The molecule has 0 amide bonds. The monoisotopic (exact) mass is 272 g/mol. The van der Waals surface area contributed by atoms with E-state index < -0.39 is 4.92 Å². The van der Waals surface area contributed by atoms with E-state index in [0.717, 1.165) is 23.4 Å². The summed E-state index contributed by atoms with van der Waals surface area (Å²) < 4.78 is 5.10. The fourth-order valence-corrected chi connectivity index (χ4v) is 1.83. The van der Waals surface area contributed by atoms with E-state index in [1.54, 1.807) is 19.2 Å². The Labute approximate surface area is 117 Å². The van der Waals surface area contributed by atoms with Crippen molar-refractivity contribution in [3.63, 3.8) is 0 Å². The number of nitro benzene ring substituents is 1. The number of rotatable bonds is 6. The second-order valence-electron chi connectivity index (χ2n) is 4.38. The van der Waals surface area contributed by atoms with Crippen molar-refractivity contribution in [1.29, 1.82) is 0 Å². The Kier molecular flexibility index (Phi) is 4.68. The molecule has 20 heavy (non-hydrogen) atoms. The highest BCUT2D eigenvalue weighted by Gasteiger charge is 2.03. The maximum Gasteiger partial charge on any atom is 0.269 e. The highest BCUT2D eigenvalue weighted by atomic mass is 16.6. The maximum absolute atomic E-state index is 10.5. The summed E-state index contributed by atoms with van der Waals surface area (Å²) in [6.07, 6.45) is 0. The van der Waals surface area contributed by atoms with Crippen LogP contribution in [0.4, 0.5) is 5.69 Å². The number of hydrogen-bond donors (Lipinski definition) is 1. The lowest BCUT2D eigenvalue weighted by molar-refractivity contribution is -0.384. The van der Waals surface area contributed by atoms with Crippen LogP contribution in [0, 0.1) is 10.1 Å². The van der Waals surface area contributed by atoms with Crippen LogP contribution in [0.15, 0.2) is 48.5 Å². The molecule has 2 rings (SSSR count). The minimum atomic E-state index is -0.394. The summed E-state index contributed by atoms with van der Waals surface area (Å²) in [5, 5.41) is 13.8. The smallest absolute Gasteiger partial charge is 0.269 e. The first-order valence-corrected chi connectivity index (χ1v) is 6.26. The van der Waals surface area contributed by atoms with Crippen LogP contribution < -0.4 is 10.1 Å². The second-order valence-corrected chi connectivity index (χ2v) is 4.38. The largest absolute Gasteiger partial charge is 0.497 e. The summed E-state index contributed by atoms with van der Waals surface area (Å²) in [6, 6.07) is 14.4. The molecule has 0 unspecified atom stereocenters. The molecule has 1 N–H and O–H groups in total. The van der Waals surface area contributed by atoms with Crippen LogP contribution in [-0.4, -0.2) is 12.0 Å². The van der Waals surface area contributed by atoms with E-state index in [2.05, 4.69) is 5.32 Å². The summed E-state index contributed by atoms with van der Waals surface area (Å²) in [6.45, 7) is 1.41. The third-order valence-corrected chi connectivity index (χ3v) is 2.96. The zero-order valence-electron chi connectivity index (χ0n) is 11.2. The number of hydrogen-bond acceptors (Lipinski definition) is 4. The Bertz CT molecular complexity index is 565. The van der Waals surface area contributed by atoms with Crippen LogP contribution in [-0.2, 0) is 13.1 Å². The molecule has 0 aromatic heterocycles. The van der Waals surface area contributed by atoms with E-state index >= 15 is 0 Å². The molecule has 0 spiro atoms. The molecule has 0 bridgehead atoms. The van der Waals surface area contributed by atoms with Gasteiger partial charge in [-0.1, -0.05) is 24.3 Å². The molecule has 0 heterocycles. The van der Waals surface area contributed by atoms with Gasteiger partial charge in [0.25, 0.3) is 5.69 Å². The first kappa shape index (κ1) is 14.0. The number of ether oxygens (including phenoxy) is 1. The summed E-state index contributed by atoms with van der Waals surface area (Å²) >= 11 is 0. The Morgan fingerprint density at radius 1 is 1.00 bits per heavy atom. The molecule has 0 aliphatic carbocycles. The topological polar surface area (TPSA) is 64.4 Å². The molecule has 0 atom stereocenters. The van der Waals surface area contributed by atoms with Gasteiger partial charge in [0.05, 0.1) is 12.0 Å². The molecule has 0 saturated carbocycles.